The Kier molecular flexibility index (Phi) is 9.89. The lowest BCUT2D eigenvalue weighted by molar-refractivity contribution is -0.267. The zero-order valence-electron chi connectivity index (χ0n) is 18.5. The molecule has 0 radical (unpaired) electrons. The number of hydrogen-bond acceptors (Lipinski definition) is 12. The third kappa shape index (κ3) is 5.56. The highest BCUT2D eigenvalue weighted by Gasteiger charge is 2.51. The van der Waals surface area contributed by atoms with Gasteiger partial charge in [0.1, 0.15) is 59.9 Å². The van der Waals surface area contributed by atoms with E-state index in [1.165, 1.54) is 7.11 Å². The minimum absolute atomic E-state index is 0.0640. The van der Waals surface area contributed by atoms with Crippen molar-refractivity contribution in [1.29, 1.82) is 0 Å². The number of nitrogens with two attached hydrogens (primary N) is 3. The highest BCUT2D eigenvalue weighted by atomic mass is 127. The Hall–Kier alpha value is 0.250. The first kappa shape index (κ1) is 26.8. The van der Waals surface area contributed by atoms with Crippen LogP contribution in [0.25, 0.3) is 0 Å². The first-order valence-corrected chi connectivity index (χ1v) is 11.8. The molecule has 0 amide bonds. The van der Waals surface area contributed by atoms with E-state index in [1.54, 1.807) is 0 Å². The molecule has 0 aromatic rings. The van der Waals surface area contributed by atoms with Crippen molar-refractivity contribution in [3.05, 3.63) is 0 Å². The van der Waals surface area contributed by atoms with Gasteiger partial charge >= 0.3 is 0 Å². The van der Waals surface area contributed by atoms with Gasteiger partial charge < -0.3 is 58.9 Å². The van der Waals surface area contributed by atoms with Crippen LogP contribution in [0.15, 0.2) is 0 Å². The second kappa shape index (κ2) is 11.8. The highest BCUT2D eigenvalue weighted by Crippen LogP contribution is 2.35. The molecule has 3 heterocycles. The van der Waals surface area contributed by atoms with Gasteiger partial charge in [0, 0.05) is 19.4 Å². The molecule has 6 unspecified atom stereocenters. The van der Waals surface area contributed by atoms with Gasteiger partial charge in [0.15, 0.2) is 12.6 Å². The topological polar surface area (TPSA) is 183 Å². The first-order chi connectivity index (χ1) is 15.2. The van der Waals surface area contributed by atoms with Crippen LogP contribution in [0.1, 0.15) is 26.7 Å². The van der Waals surface area contributed by atoms with Gasteiger partial charge in [-0.3, -0.25) is 0 Å². The third-order valence-corrected chi connectivity index (χ3v) is 7.03. The normalized spacial score (nSPS) is 50.0. The van der Waals surface area contributed by atoms with Crippen molar-refractivity contribution in [2.45, 2.75) is 100 Å². The quantitative estimate of drug-likeness (QED) is 0.215. The molecular weight excluding hydrogens is 541 g/mol. The Balaban J connectivity index is 1.69. The van der Waals surface area contributed by atoms with Gasteiger partial charge in [0.05, 0.1) is 31.0 Å². The molecule has 12 nitrogen and oxygen atoms in total. The van der Waals surface area contributed by atoms with Crippen molar-refractivity contribution in [2.75, 3.05) is 13.7 Å². The summed E-state index contributed by atoms with van der Waals surface area (Å²) in [4.78, 5) is 0. The molecule has 13 heteroatoms. The maximum absolute atomic E-state index is 10.9. The fourth-order valence-corrected chi connectivity index (χ4v) is 5.43. The second-order valence-electron chi connectivity index (χ2n) is 8.51. The number of halogens is 1. The zero-order chi connectivity index (χ0) is 23.6. The van der Waals surface area contributed by atoms with Crippen molar-refractivity contribution in [2.24, 2.45) is 23.1 Å². The molecule has 8 N–H and O–H groups in total. The van der Waals surface area contributed by atoms with Gasteiger partial charge in [0.25, 0.3) is 0 Å². The zero-order valence-corrected chi connectivity index (χ0v) is 20.6. The largest absolute Gasteiger partial charge is 0.394 e. The monoisotopic (exact) mass is 577 g/mol. The predicted molar refractivity (Wildman–Crippen MR) is 119 cm³/mol. The Labute approximate surface area is 202 Å². The fraction of sp³-hybridized carbons (Fsp3) is 1.00. The lowest BCUT2D eigenvalue weighted by Crippen LogP contribution is -2.60. The lowest BCUT2D eigenvalue weighted by Gasteiger charge is -2.44. The molecule has 0 bridgehead atoms. The highest BCUT2D eigenvalue weighted by molar-refractivity contribution is 14.1. The molecule has 32 heavy (non-hydrogen) atoms. The number of rotatable bonds is 8. The molecule has 3 aliphatic rings. The van der Waals surface area contributed by atoms with E-state index in [2.05, 4.69) is 0 Å². The molecule has 0 spiro atoms. The Morgan fingerprint density at radius 3 is 2.28 bits per heavy atom. The van der Waals surface area contributed by atoms with E-state index >= 15 is 0 Å². The standard InChI is InChI=1S/C19H36IN3O9/c1-4-8-7(2)14(32-20)12(22)18(27-8)31-15-10(6-24)29-19(13(15)25)28-9-5-11(21)30-17(23)16(9)26-3/h7-19,24-25H,4-6,21-23H2,1-3H3/t7-,8+,9?,10?,11?,12-,13-,14?,15-,16+,17?,18-,19?/m1/s1. The van der Waals surface area contributed by atoms with Crippen LogP contribution in [0.5, 0.6) is 0 Å². The summed E-state index contributed by atoms with van der Waals surface area (Å²) in [7, 11) is 1.48. The third-order valence-electron chi connectivity index (χ3n) is 6.44. The van der Waals surface area contributed by atoms with E-state index in [-0.39, 0.29) is 24.5 Å². The maximum atomic E-state index is 10.9. The summed E-state index contributed by atoms with van der Waals surface area (Å²) < 4.78 is 40.1. The van der Waals surface area contributed by atoms with E-state index in [4.69, 9.17) is 48.7 Å². The number of methoxy groups -OCH3 is 1. The van der Waals surface area contributed by atoms with Crippen LogP contribution < -0.4 is 17.2 Å². The molecule has 0 saturated carbocycles. The summed E-state index contributed by atoms with van der Waals surface area (Å²) in [5.74, 6) is 0.0640. The second-order valence-corrected chi connectivity index (χ2v) is 9.02. The number of hydrogen-bond donors (Lipinski definition) is 5. The van der Waals surface area contributed by atoms with Gasteiger partial charge in [-0.05, 0) is 6.42 Å². The molecule has 3 rings (SSSR count). The van der Waals surface area contributed by atoms with E-state index < -0.39 is 68.2 Å². The average molecular weight is 577 g/mol. The summed E-state index contributed by atoms with van der Waals surface area (Å²) in [6, 6.07) is -0.597. The molecule has 0 aromatic heterocycles. The minimum Gasteiger partial charge on any atom is -0.394 e. The Morgan fingerprint density at radius 2 is 1.69 bits per heavy atom. The summed E-state index contributed by atoms with van der Waals surface area (Å²) in [5, 5.41) is 20.8. The van der Waals surface area contributed by atoms with Crippen LogP contribution in [0.3, 0.4) is 0 Å². The Bertz CT molecular complexity index is 596. The van der Waals surface area contributed by atoms with Gasteiger partial charge in [-0.1, -0.05) is 13.8 Å². The van der Waals surface area contributed by atoms with Crippen LogP contribution in [0, 0.1) is 5.92 Å². The van der Waals surface area contributed by atoms with E-state index in [9.17, 15) is 10.2 Å². The van der Waals surface area contributed by atoms with Gasteiger partial charge in [-0.2, -0.15) is 0 Å². The molecule has 0 aliphatic carbocycles. The minimum atomic E-state index is -1.23. The fourth-order valence-electron chi connectivity index (χ4n) is 4.62. The summed E-state index contributed by atoms with van der Waals surface area (Å²) >= 11 is 1.83. The van der Waals surface area contributed by atoms with Gasteiger partial charge in [-0.15, -0.1) is 0 Å². The molecule has 188 valence electrons. The average Bonchev–Trinajstić information content (AvgIpc) is 3.04. The number of aliphatic hydroxyl groups is 2. The van der Waals surface area contributed by atoms with Gasteiger partial charge in [0.2, 0.25) is 0 Å². The molecule has 13 atom stereocenters. The van der Waals surface area contributed by atoms with Crippen LogP contribution in [0.2, 0.25) is 0 Å². The molecule has 3 saturated heterocycles. The van der Waals surface area contributed by atoms with E-state index in [0.717, 1.165) is 6.42 Å². The Morgan fingerprint density at radius 1 is 1.00 bits per heavy atom. The number of ether oxygens (including phenoxy) is 6. The maximum Gasteiger partial charge on any atom is 0.187 e. The van der Waals surface area contributed by atoms with Crippen molar-refractivity contribution < 1.29 is 41.7 Å². The van der Waals surface area contributed by atoms with Crippen molar-refractivity contribution in [3.63, 3.8) is 0 Å². The molecular formula is C19H36IN3O9. The van der Waals surface area contributed by atoms with Crippen molar-refractivity contribution in [3.8, 4) is 0 Å². The van der Waals surface area contributed by atoms with E-state index in [1.807, 2.05) is 36.9 Å². The number of aliphatic hydroxyl groups excluding tert-OH is 2. The molecule has 0 aromatic carbocycles. The first-order valence-electron chi connectivity index (χ1n) is 10.9. The summed E-state index contributed by atoms with van der Waals surface area (Å²) in [6.45, 7) is 3.61. The van der Waals surface area contributed by atoms with E-state index in [0.29, 0.717) is 0 Å². The predicted octanol–water partition coefficient (Wildman–Crippen LogP) is -1.33. The van der Waals surface area contributed by atoms with Crippen molar-refractivity contribution >= 4 is 23.0 Å². The summed E-state index contributed by atoms with van der Waals surface area (Å²) in [5.41, 5.74) is 18.2. The summed E-state index contributed by atoms with van der Waals surface area (Å²) in [6.07, 6.45) is -7.02. The van der Waals surface area contributed by atoms with Crippen LogP contribution in [-0.4, -0.2) is 97.7 Å². The SMILES string of the molecule is CC[C@@H]1O[C@H](O[C@@H]2C(CO)OC(OC3CC(N)OC(N)[C@H]3OC)[C@@H]2O)[C@H](N)C(OI)[C@@H]1C. The van der Waals surface area contributed by atoms with Crippen LogP contribution in [0.4, 0.5) is 0 Å². The lowest BCUT2D eigenvalue weighted by atomic mass is 9.88. The molecule has 3 aliphatic heterocycles. The van der Waals surface area contributed by atoms with Crippen LogP contribution >= 0.6 is 23.0 Å². The molecule has 3 fully saturated rings. The van der Waals surface area contributed by atoms with Crippen LogP contribution in [-0.2, 0) is 31.5 Å². The van der Waals surface area contributed by atoms with Crippen molar-refractivity contribution in [1.82, 2.24) is 0 Å². The smallest absolute Gasteiger partial charge is 0.187 e. The van der Waals surface area contributed by atoms with Gasteiger partial charge in [-0.25, -0.2) is 0 Å².